The number of carbonyl (C=O) groups is 1. The van der Waals surface area contributed by atoms with Crippen molar-refractivity contribution in [1.29, 1.82) is 0 Å². The lowest BCUT2D eigenvalue weighted by molar-refractivity contribution is -0.105. The molecule has 0 aromatic heterocycles. The van der Waals surface area contributed by atoms with E-state index in [2.05, 4.69) is 13.8 Å². The fourth-order valence-electron chi connectivity index (χ4n) is 0.934. The number of hydrogen-bond donors (Lipinski definition) is 0. The zero-order valence-corrected chi connectivity index (χ0v) is 7.79. The van der Waals surface area contributed by atoms with Crippen molar-refractivity contribution in [3.05, 3.63) is 11.8 Å². The van der Waals surface area contributed by atoms with Crippen LogP contribution in [-0.2, 0) is 4.79 Å². The maximum absolute atomic E-state index is 10.5. The van der Waals surface area contributed by atoms with Gasteiger partial charge in [-0.1, -0.05) is 13.8 Å². The van der Waals surface area contributed by atoms with Crippen molar-refractivity contribution in [3.8, 4) is 0 Å². The predicted molar refractivity (Wildman–Crippen MR) is 47.3 cm³/mol. The summed E-state index contributed by atoms with van der Waals surface area (Å²) in [4.78, 5) is 12.4. The second-order valence-electron chi connectivity index (χ2n) is 3.38. The molecule has 0 bridgehead atoms. The zero-order chi connectivity index (χ0) is 8.85. The van der Waals surface area contributed by atoms with Gasteiger partial charge in [0.1, 0.15) is 6.29 Å². The highest BCUT2D eigenvalue weighted by molar-refractivity contribution is 5.72. The number of carbonyl (C=O) groups excluding carboxylic acids is 1. The van der Waals surface area contributed by atoms with Gasteiger partial charge in [0.15, 0.2) is 0 Å². The second-order valence-corrected chi connectivity index (χ2v) is 3.38. The van der Waals surface area contributed by atoms with E-state index in [-0.39, 0.29) is 0 Å². The Kier molecular flexibility index (Phi) is 4.59. The molecule has 0 aromatic carbocycles. The maximum Gasteiger partial charge on any atom is 0.147 e. The molecule has 0 aliphatic carbocycles. The van der Waals surface area contributed by atoms with Gasteiger partial charge in [0.2, 0.25) is 0 Å². The van der Waals surface area contributed by atoms with Crippen LogP contribution in [0, 0.1) is 5.92 Å². The Balaban J connectivity index is 4.05. The Hall–Kier alpha value is -0.790. The first-order valence-electron chi connectivity index (χ1n) is 3.88. The van der Waals surface area contributed by atoms with Gasteiger partial charge in [-0.05, 0) is 12.3 Å². The van der Waals surface area contributed by atoms with Crippen molar-refractivity contribution >= 4 is 6.29 Å². The van der Waals surface area contributed by atoms with Gasteiger partial charge in [-0.3, -0.25) is 4.79 Å². The largest absolute Gasteiger partial charge is 0.383 e. The Morgan fingerprint density at radius 3 is 2.27 bits per heavy atom. The average molecular weight is 155 g/mol. The molecular weight excluding hydrogens is 138 g/mol. The summed E-state index contributed by atoms with van der Waals surface area (Å²) in [6.07, 6.45) is 3.66. The summed E-state index contributed by atoms with van der Waals surface area (Å²) >= 11 is 0. The Bertz CT molecular complexity index is 148. The Morgan fingerprint density at radius 2 is 2.00 bits per heavy atom. The van der Waals surface area contributed by atoms with Gasteiger partial charge in [-0.25, -0.2) is 0 Å². The predicted octanol–water partition coefficient (Wildman–Crippen LogP) is 1.68. The van der Waals surface area contributed by atoms with E-state index in [9.17, 15) is 4.79 Å². The highest BCUT2D eigenvalue weighted by Crippen LogP contribution is 2.08. The summed E-state index contributed by atoms with van der Waals surface area (Å²) in [5, 5.41) is 0. The molecule has 0 heterocycles. The summed E-state index contributed by atoms with van der Waals surface area (Å²) in [6, 6.07) is 0. The molecule has 0 spiro atoms. The molecule has 0 amide bonds. The van der Waals surface area contributed by atoms with Gasteiger partial charge in [0, 0.05) is 25.9 Å². The van der Waals surface area contributed by atoms with Crippen molar-refractivity contribution < 1.29 is 4.79 Å². The molecule has 11 heavy (non-hydrogen) atoms. The molecule has 2 nitrogen and oxygen atoms in total. The Labute approximate surface area is 68.9 Å². The molecule has 0 atom stereocenters. The number of allylic oxidation sites excluding steroid dienone is 1. The molecule has 0 radical (unpaired) electrons. The van der Waals surface area contributed by atoms with Crippen LogP contribution in [0.25, 0.3) is 0 Å². The van der Waals surface area contributed by atoms with E-state index in [1.807, 2.05) is 25.2 Å². The van der Waals surface area contributed by atoms with Crippen LogP contribution >= 0.6 is 0 Å². The van der Waals surface area contributed by atoms with Gasteiger partial charge in [-0.2, -0.15) is 0 Å². The van der Waals surface area contributed by atoms with Crippen molar-refractivity contribution in [3.63, 3.8) is 0 Å². The molecular formula is C9H17NO. The molecule has 0 aliphatic rings. The minimum Gasteiger partial charge on any atom is -0.383 e. The van der Waals surface area contributed by atoms with Gasteiger partial charge in [-0.15, -0.1) is 0 Å². The van der Waals surface area contributed by atoms with Crippen LogP contribution in [0.3, 0.4) is 0 Å². The van der Waals surface area contributed by atoms with Crippen LogP contribution < -0.4 is 0 Å². The first-order valence-corrected chi connectivity index (χ1v) is 3.88. The van der Waals surface area contributed by atoms with Crippen LogP contribution in [-0.4, -0.2) is 25.3 Å². The highest BCUT2D eigenvalue weighted by Gasteiger charge is 1.99. The van der Waals surface area contributed by atoms with Crippen LogP contribution in [0.1, 0.15) is 20.3 Å². The fourth-order valence-corrected chi connectivity index (χ4v) is 0.934. The van der Waals surface area contributed by atoms with Gasteiger partial charge < -0.3 is 4.90 Å². The van der Waals surface area contributed by atoms with E-state index in [1.54, 1.807) is 0 Å². The van der Waals surface area contributed by atoms with Crippen molar-refractivity contribution in [2.45, 2.75) is 20.3 Å². The summed E-state index contributed by atoms with van der Waals surface area (Å²) in [7, 11) is 3.84. The molecule has 0 saturated heterocycles. The molecule has 0 saturated carbocycles. The van der Waals surface area contributed by atoms with Crippen molar-refractivity contribution in [2.75, 3.05) is 14.1 Å². The van der Waals surface area contributed by atoms with Crippen LogP contribution in [0.5, 0.6) is 0 Å². The number of aldehydes is 1. The first kappa shape index (κ1) is 10.2. The van der Waals surface area contributed by atoms with E-state index >= 15 is 0 Å². The highest BCUT2D eigenvalue weighted by atomic mass is 16.1. The minimum absolute atomic E-state index is 0.548. The summed E-state index contributed by atoms with van der Waals surface area (Å²) in [6.45, 7) is 4.21. The number of nitrogens with zero attached hydrogens (tertiary/aromatic N) is 1. The standard InChI is InChI=1S/C9H17NO/c1-8(2)5-9(7-11)6-10(3)4/h6-8H,5H2,1-4H3/b9-6+. The van der Waals surface area contributed by atoms with Crippen LogP contribution in [0.15, 0.2) is 11.8 Å². The third-order valence-electron chi connectivity index (χ3n) is 1.22. The van der Waals surface area contributed by atoms with Crippen molar-refractivity contribution in [1.82, 2.24) is 4.90 Å². The fraction of sp³-hybridized carbons (Fsp3) is 0.667. The quantitative estimate of drug-likeness (QED) is 0.454. The third kappa shape index (κ3) is 5.64. The molecule has 2 heteroatoms. The third-order valence-corrected chi connectivity index (χ3v) is 1.22. The van der Waals surface area contributed by atoms with Gasteiger partial charge in [0.25, 0.3) is 0 Å². The zero-order valence-electron chi connectivity index (χ0n) is 7.79. The molecule has 0 fully saturated rings. The van der Waals surface area contributed by atoms with E-state index in [4.69, 9.17) is 0 Å². The minimum atomic E-state index is 0.548. The smallest absolute Gasteiger partial charge is 0.147 e. The molecule has 0 aliphatic heterocycles. The number of hydrogen-bond acceptors (Lipinski definition) is 2. The lowest BCUT2D eigenvalue weighted by Crippen LogP contribution is -2.05. The van der Waals surface area contributed by atoms with Crippen molar-refractivity contribution in [2.24, 2.45) is 5.92 Å². The first-order chi connectivity index (χ1) is 5.06. The summed E-state index contributed by atoms with van der Waals surface area (Å²) < 4.78 is 0. The van der Waals surface area contributed by atoms with Crippen LogP contribution in [0.4, 0.5) is 0 Å². The van der Waals surface area contributed by atoms with E-state index in [1.165, 1.54) is 0 Å². The van der Waals surface area contributed by atoms with Gasteiger partial charge in [0.05, 0.1) is 0 Å². The lowest BCUT2D eigenvalue weighted by Gasteiger charge is -2.08. The topological polar surface area (TPSA) is 20.3 Å². The van der Waals surface area contributed by atoms with Crippen LogP contribution in [0.2, 0.25) is 0 Å². The lowest BCUT2D eigenvalue weighted by atomic mass is 10.1. The SMILES string of the molecule is CC(C)C/C(C=O)=C\N(C)C. The summed E-state index contributed by atoms with van der Waals surface area (Å²) in [5.41, 5.74) is 0.866. The molecule has 0 N–H and O–H groups in total. The molecule has 0 aromatic rings. The molecule has 64 valence electrons. The second kappa shape index (κ2) is 4.94. The number of rotatable bonds is 4. The van der Waals surface area contributed by atoms with Gasteiger partial charge >= 0.3 is 0 Å². The Morgan fingerprint density at radius 1 is 1.45 bits per heavy atom. The molecule has 0 rings (SSSR count). The maximum atomic E-state index is 10.5. The average Bonchev–Trinajstić information content (AvgIpc) is 1.84. The monoisotopic (exact) mass is 155 g/mol. The van der Waals surface area contributed by atoms with E-state index < -0.39 is 0 Å². The van der Waals surface area contributed by atoms with E-state index in [0.29, 0.717) is 5.92 Å². The van der Waals surface area contributed by atoms with E-state index in [0.717, 1.165) is 18.3 Å². The summed E-state index contributed by atoms with van der Waals surface area (Å²) in [5.74, 6) is 0.548. The normalized spacial score (nSPS) is 11.9. The molecule has 0 unspecified atom stereocenters.